The number of aliphatic hydroxyl groups is 1. The first kappa shape index (κ1) is 23.1. The Morgan fingerprint density at radius 3 is 2.35 bits per heavy atom. The van der Waals surface area contributed by atoms with Crippen LogP contribution >= 0.6 is 0 Å². The minimum atomic E-state index is -0.949. The standard InChI is InChI=1S/C15H29N4O3.Ac/c1-4-8(5-2)12(16)11-10(19-15(17)18)7-9(13(11)20)14(21)22-6-3;/h8-13,16,20H,4-7H2,1-3H3,(H4,17,18,19);/q-1;/t9-,10+,11+,12?,13+;/m0./s1. The fraction of sp³-hybridized carbons (Fsp3) is 0.867. The molecule has 0 aromatic heterocycles. The van der Waals surface area contributed by atoms with Crippen LogP contribution in [0, 0.1) is 61.8 Å². The molecular formula is C15H29AcN4O3-. The Balaban J connectivity index is 0.00000484. The molecule has 7 nitrogen and oxygen atoms in total. The summed E-state index contributed by atoms with van der Waals surface area (Å²) in [5.41, 5.74) is 19.4. The average Bonchev–Trinajstić information content (AvgIpc) is 2.76. The molecule has 0 aromatic carbocycles. The molecule has 1 radical (unpaired) electrons. The third-order valence-electron chi connectivity index (χ3n) is 4.62. The van der Waals surface area contributed by atoms with E-state index in [-0.39, 0.29) is 62.5 Å². The molecule has 1 aliphatic rings. The largest absolute Gasteiger partial charge is 0.674 e. The van der Waals surface area contributed by atoms with Gasteiger partial charge in [-0.25, -0.2) is 4.99 Å². The molecular weight excluding hydrogens is 511 g/mol. The van der Waals surface area contributed by atoms with Crippen LogP contribution in [-0.2, 0) is 9.53 Å². The van der Waals surface area contributed by atoms with Gasteiger partial charge in [0, 0.05) is 44.1 Å². The number of esters is 1. The molecule has 1 unspecified atom stereocenters. The van der Waals surface area contributed by atoms with Crippen LogP contribution in [0.3, 0.4) is 0 Å². The molecule has 1 rings (SSSR count). The van der Waals surface area contributed by atoms with E-state index < -0.39 is 36.0 Å². The normalized spacial score (nSPS) is 28.1. The Labute approximate surface area is 174 Å². The van der Waals surface area contributed by atoms with E-state index in [9.17, 15) is 9.90 Å². The van der Waals surface area contributed by atoms with Crippen LogP contribution < -0.4 is 11.5 Å². The van der Waals surface area contributed by atoms with Crippen molar-refractivity contribution in [2.75, 3.05) is 6.61 Å². The number of hydrogen-bond donors (Lipinski definition) is 3. The minimum absolute atomic E-state index is 0. The van der Waals surface area contributed by atoms with Crippen LogP contribution in [0.25, 0.3) is 5.73 Å². The van der Waals surface area contributed by atoms with E-state index in [1.807, 2.05) is 13.8 Å². The molecule has 0 spiro atoms. The van der Waals surface area contributed by atoms with E-state index in [4.69, 9.17) is 21.9 Å². The van der Waals surface area contributed by atoms with Gasteiger partial charge in [0.25, 0.3) is 0 Å². The molecule has 0 bridgehead atoms. The van der Waals surface area contributed by atoms with Crippen LogP contribution in [0.2, 0.25) is 0 Å². The summed E-state index contributed by atoms with van der Waals surface area (Å²) < 4.78 is 5.02. The number of rotatable bonds is 7. The van der Waals surface area contributed by atoms with E-state index in [1.165, 1.54) is 0 Å². The van der Waals surface area contributed by atoms with Crippen LogP contribution in [0.1, 0.15) is 40.0 Å². The van der Waals surface area contributed by atoms with Crippen molar-refractivity contribution in [2.45, 2.75) is 58.2 Å². The number of guanidine groups is 1. The van der Waals surface area contributed by atoms with Gasteiger partial charge < -0.3 is 27.0 Å². The molecule has 0 aliphatic heterocycles. The van der Waals surface area contributed by atoms with Crippen molar-refractivity contribution in [2.24, 2.45) is 34.2 Å². The van der Waals surface area contributed by atoms with E-state index in [0.717, 1.165) is 12.8 Å². The number of hydrogen-bond acceptors (Lipinski definition) is 4. The van der Waals surface area contributed by atoms with Crippen LogP contribution in [0.15, 0.2) is 4.99 Å². The molecule has 1 aliphatic carbocycles. The second-order valence-corrected chi connectivity index (χ2v) is 5.89. The van der Waals surface area contributed by atoms with Gasteiger partial charge >= 0.3 is 5.97 Å². The van der Waals surface area contributed by atoms with Gasteiger partial charge in [-0.1, -0.05) is 32.6 Å². The summed E-state index contributed by atoms with van der Waals surface area (Å²) in [5.74, 6) is -1.51. The van der Waals surface area contributed by atoms with Gasteiger partial charge in [-0.05, 0) is 19.3 Å². The SMILES string of the molecule is CCOC(=O)[C@H]1C[C@@H](N=C(N)N)[C@H](C([NH-])C(CC)CC)[C@@H]1O.[Ac]. The number of aliphatic hydroxyl groups excluding tert-OH is 1. The summed E-state index contributed by atoms with van der Waals surface area (Å²) >= 11 is 0. The summed E-state index contributed by atoms with van der Waals surface area (Å²) in [7, 11) is 0. The summed E-state index contributed by atoms with van der Waals surface area (Å²) in [6.07, 6.45) is 1.05. The Hall–Kier alpha value is 0.102. The number of aliphatic imine (C=N–C) groups is 1. The summed E-state index contributed by atoms with van der Waals surface area (Å²) in [5, 5.41) is 10.6. The van der Waals surface area contributed by atoms with Gasteiger partial charge in [-0.15, -0.1) is 6.04 Å². The first-order valence-electron chi connectivity index (χ1n) is 8.01. The Bertz CT molecular complexity index is 400. The zero-order chi connectivity index (χ0) is 16.9. The molecule has 0 heterocycles. The molecule has 5 atom stereocenters. The smallest absolute Gasteiger partial charge is 0.311 e. The molecule has 0 aromatic rings. The van der Waals surface area contributed by atoms with Crippen molar-refractivity contribution >= 4 is 11.9 Å². The van der Waals surface area contributed by atoms with Crippen molar-refractivity contribution in [3.63, 3.8) is 0 Å². The minimum Gasteiger partial charge on any atom is -0.674 e. The first-order valence-corrected chi connectivity index (χ1v) is 8.01. The van der Waals surface area contributed by atoms with Crippen LogP contribution in [0.4, 0.5) is 0 Å². The van der Waals surface area contributed by atoms with Gasteiger partial charge in [0.15, 0.2) is 5.96 Å². The van der Waals surface area contributed by atoms with E-state index in [1.54, 1.807) is 6.92 Å². The fourth-order valence-electron chi connectivity index (χ4n) is 3.43. The zero-order valence-corrected chi connectivity index (χ0v) is 19.0. The number of nitrogens with one attached hydrogen (secondary N) is 1. The first-order chi connectivity index (χ1) is 10.4. The molecule has 6 N–H and O–H groups in total. The van der Waals surface area contributed by atoms with Crippen molar-refractivity contribution in [1.29, 1.82) is 0 Å². The number of carbonyl (C=O) groups is 1. The molecule has 8 heteroatoms. The third kappa shape index (κ3) is 5.84. The van der Waals surface area contributed by atoms with E-state index >= 15 is 0 Å². The monoisotopic (exact) mass is 540 g/mol. The number of nitrogens with zero attached hydrogens (tertiary/aromatic N) is 1. The van der Waals surface area contributed by atoms with E-state index in [2.05, 4.69) is 4.99 Å². The van der Waals surface area contributed by atoms with Crippen molar-refractivity contribution < 1.29 is 58.7 Å². The fourth-order valence-corrected chi connectivity index (χ4v) is 3.43. The maximum absolute atomic E-state index is 12.0. The topological polar surface area (TPSA) is 135 Å². The molecule has 131 valence electrons. The second-order valence-electron chi connectivity index (χ2n) is 5.89. The van der Waals surface area contributed by atoms with Gasteiger partial charge in [-0.2, -0.15) is 0 Å². The van der Waals surface area contributed by atoms with Gasteiger partial charge in [-0.3, -0.25) is 4.79 Å². The number of ether oxygens (including phenoxy) is 1. The Kier molecular flexibility index (Phi) is 10.9. The maximum Gasteiger partial charge on any atom is 0.311 e. The van der Waals surface area contributed by atoms with Crippen molar-refractivity contribution in [3.05, 3.63) is 5.73 Å². The maximum atomic E-state index is 12.0. The van der Waals surface area contributed by atoms with Gasteiger partial charge in [0.2, 0.25) is 0 Å². The molecule has 1 saturated carbocycles. The van der Waals surface area contributed by atoms with Crippen LogP contribution in [0.5, 0.6) is 0 Å². The zero-order valence-electron chi connectivity index (χ0n) is 14.2. The molecule has 0 amide bonds. The Morgan fingerprint density at radius 1 is 1.35 bits per heavy atom. The molecule has 23 heavy (non-hydrogen) atoms. The predicted octanol–water partition coefficient (Wildman–Crippen LogP) is 1.05. The van der Waals surface area contributed by atoms with Crippen molar-refractivity contribution in [1.82, 2.24) is 0 Å². The van der Waals surface area contributed by atoms with Crippen molar-refractivity contribution in [3.8, 4) is 0 Å². The summed E-state index contributed by atoms with van der Waals surface area (Å²) in [6.45, 7) is 6.03. The third-order valence-corrected chi connectivity index (χ3v) is 4.62. The van der Waals surface area contributed by atoms with Crippen LogP contribution in [-0.4, -0.2) is 41.8 Å². The van der Waals surface area contributed by atoms with Gasteiger partial charge in [0.1, 0.15) is 0 Å². The number of nitrogens with two attached hydrogens (primary N) is 2. The Morgan fingerprint density at radius 2 is 1.91 bits per heavy atom. The predicted molar refractivity (Wildman–Crippen MR) is 86.0 cm³/mol. The second kappa shape index (κ2) is 10.9. The summed E-state index contributed by atoms with van der Waals surface area (Å²) in [4.78, 5) is 16.2. The average molecular weight is 540 g/mol. The summed E-state index contributed by atoms with van der Waals surface area (Å²) in [6, 6.07) is -0.935. The molecule has 0 saturated heterocycles. The number of carbonyl (C=O) groups excluding carboxylic acids is 1. The quantitative estimate of drug-likeness (QED) is 0.252. The van der Waals surface area contributed by atoms with E-state index in [0.29, 0.717) is 6.42 Å². The molecule has 1 fully saturated rings. The van der Waals surface area contributed by atoms with Gasteiger partial charge in [0.05, 0.1) is 24.7 Å².